The maximum atomic E-state index is 14.4. The first-order chi connectivity index (χ1) is 20.1. The van der Waals surface area contributed by atoms with Gasteiger partial charge in [0.2, 0.25) is 17.7 Å². The van der Waals surface area contributed by atoms with E-state index in [1.807, 2.05) is 44.2 Å². The van der Waals surface area contributed by atoms with E-state index in [0.717, 1.165) is 5.56 Å². The Morgan fingerprint density at radius 3 is 2.23 bits per heavy atom. The Kier molecular flexibility index (Phi) is 8.37. The van der Waals surface area contributed by atoms with Gasteiger partial charge in [0.1, 0.15) is 29.6 Å². The van der Waals surface area contributed by atoms with Gasteiger partial charge in [-0.1, -0.05) is 38.1 Å². The lowest BCUT2D eigenvalue weighted by Crippen LogP contribution is -2.61. The van der Waals surface area contributed by atoms with Crippen LogP contribution in [0, 0.1) is 5.41 Å². The van der Waals surface area contributed by atoms with E-state index in [4.69, 9.17) is 9.47 Å². The summed E-state index contributed by atoms with van der Waals surface area (Å²) in [4.78, 5) is 57.6. The van der Waals surface area contributed by atoms with E-state index in [-0.39, 0.29) is 12.3 Å². The van der Waals surface area contributed by atoms with E-state index in [2.05, 4.69) is 17.2 Å². The number of methoxy groups -OCH3 is 1. The van der Waals surface area contributed by atoms with Gasteiger partial charge in [0, 0.05) is 23.7 Å². The summed E-state index contributed by atoms with van der Waals surface area (Å²) >= 11 is 0. The summed E-state index contributed by atoms with van der Waals surface area (Å²) in [6.07, 6.45) is 0.402. The SMILES string of the molecule is C=CC(C)(C)[C@@]12C[C@H](C(=O)Nc3ccc(OC)cc3)N(C(=O)[C@H](C)NC(=O)OC(C)(C)C)[C@@H]1N(C(C)=O)c1ccccc12. The lowest BCUT2D eigenvalue weighted by Gasteiger charge is -2.45. The summed E-state index contributed by atoms with van der Waals surface area (Å²) in [6, 6.07) is 12.4. The number of amides is 4. The Labute approximate surface area is 253 Å². The third kappa shape index (κ3) is 5.58. The highest BCUT2D eigenvalue weighted by molar-refractivity contribution is 6.02. The molecular weight excluding hydrogens is 548 g/mol. The second-order valence-corrected chi connectivity index (χ2v) is 12.7. The Hall–Kier alpha value is -4.34. The van der Waals surface area contributed by atoms with Crippen LogP contribution in [-0.4, -0.2) is 59.7 Å². The number of nitrogens with one attached hydrogen (secondary N) is 2. The van der Waals surface area contributed by atoms with Crippen LogP contribution < -0.4 is 20.3 Å². The van der Waals surface area contributed by atoms with E-state index in [1.54, 1.807) is 64.0 Å². The molecule has 4 amide bonds. The number of hydrogen-bond acceptors (Lipinski definition) is 6. The molecule has 1 saturated heterocycles. The standard InChI is InChI=1S/C33H42N4O6/c1-10-32(7,8)33-19-26(27(39)35-22-15-17-23(42-9)18-16-22)37(28(40)20(2)34-30(41)43-31(4,5)6)29(33)36(21(3)38)25-14-12-11-13-24(25)33/h10-18,20,26,29H,1,19H2,2-9H3,(H,34,41)(H,35,39)/t20-,26+,29-,33+/m0/s1. The Morgan fingerprint density at radius 1 is 1.05 bits per heavy atom. The monoisotopic (exact) mass is 590 g/mol. The highest BCUT2D eigenvalue weighted by atomic mass is 16.6. The van der Waals surface area contributed by atoms with Gasteiger partial charge >= 0.3 is 6.09 Å². The number of allylic oxidation sites excluding steroid dienone is 1. The van der Waals surface area contributed by atoms with Crippen LogP contribution in [0.5, 0.6) is 5.75 Å². The summed E-state index contributed by atoms with van der Waals surface area (Å²) in [5.74, 6) is -0.585. The number of nitrogens with zero attached hydrogens (tertiary/aromatic N) is 2. The van der Waals surface area contributed by atoms with E-state index in [9.17, 15) is 19.2 Å². The molecule has 10 heteroatoms. The molecule has 2 N–H and O–H groups in total. The van der Waals surface area contributed by atoms with Crippen molar-refractivity contribution in [3.8, 4) is 5.75 Å². The number of anilines is 2. The fraction of sp³-hybridized carbons (Fsp3) is 0.455. The molecule has 2 heterocycles. The average Bonchev–Trinajstić information content (AvgIpc) is 3.43. The molecule has 0 unspecified atom stereocenters. The number of alkyl carbamates (subject to hydrolysis) is 1. The number of fused-ring (bicyclic) bond motifs is 3. The Bertz CT molecular complexity index is 1430. The van der Waals surface area contributed by atoms with Crippen molar-refractivity contribution in [2.75, 3.05) is 17.3 Å². The smallest absolute Gasteiger partial charge is 0.408 e. The summed E-state index contributed by atoms with van der Waals surface area (Å²) in [5.41, 5.74) is -0.285. The minimum atomic E-state index is -1.06. The number of rotatable bonds is 7. The molecule has 2 aliphatic heterocycles. The molecule has 4 rings (SSSR count). The molecule has 2 aromatic rings. The molecule has 0 radical (unpaired) electrons. The Morgan fingerprint density at radius 2 is 1.67 bits per heavy atom. The number of carbonyl (C=O) groups is 4. The molecule has 230 valence electrons. The molecule has 0 aromatic heterocycles. The predicted molar refractivity (Wildman–Crippen MR) is 165 cm³/mol. The molecular formula is C33H42N4O6. The highest BCUT2D eigenvalue weighted by Crippen LogP contribution is 2.62. The van der Waals surface area contributed by atoms with Gasteiger partial charge in [-0.05, 0) is 75.4 Å². The van der Waals surface area contributed by atoms with Gasteiger partial charge in [-0.3, -0.25) is 19.3 Å². The van der Waals surface area contributed by atoms with Crippen molar-refractivity contribution in [1.82, 2.24) is 10.2 Å². The van der Waals surface area contributed by atoms with Crippen molar-refractivity contribution in [1.29, 1.82) is 0 Å². The molecule has 4 atom stereocenters. The van der Waals surface area contributed by atoms with Gasteiger partial charge in [0.05, 0.1) is 7.11 Å². The zero-order valence-corrected chi connectivity index (χ0v) is 26.2. The topological polar surface area (TPSA) is 117 Å². The summed E-state index contributed by atoms with van der Waals surface area (Å²) < 4.78 is 10.6. The van der Waals surface area contributed by atoms with Crippen molar-refractivity contribution in [2.45, 2.75) is 84.2 Å². The van der Waals surface area contributed by atoms with Crippen LogP contribution in [0.4, 0.5) is 16.2 Å². The zero-order valence-electron chi connectivity index (χ0n) is 26.2. The molecule has 1 fully saturated rings. The zero-order chi connectivity index (χ0) is 31.9. The fourth-order valence-electron chi connectivity index (χ4n) is 6.33. The number of ether oxygens (including phenoxy) is 2. The molecule has 2 aromatic carbocycles. The maximum absolute atomic E-state index is 14.4. The summed E-state index contributed by atoms with van der Waals surface area (Å²) in [7, 11) is 1.56. The third-order valence-corrected chi connectivity index (χ3v) is 8.46. The second-order valence-electron chi connectivity index (χ2n) is 12.7. The van der Waals surface area contributed by atoms with Crippen molar-refractivity contribution in [2.24, 2.45) is 5.41 Å². The first-order valence-corrected chi connectivity index (χ1v) is 14.4. The van der Waals surface area contributed by atoms with Crippen LogP contribution in [0.1, 0.15) is 60.5 Å². The maximum Gasteiger partial charge on any atom is 0.408 e. The van der Waals surface area contributed by atoms with Crippen LogP contribution in [0.15, 0.2) is 61.2 Å². The summed E-state index contributed by atoms with van der Waals surface area (Å²) in [6.45, 7) is 16.3. The van der Waals surface area contributed by atoms with E-state index in [1.165, 1.54) is 11.8 Å². The number of benzene rings is 2. The third-order valence-electron chi connectivity index (χ3n) is 8.46. The second kappa shape index (κ2) is 11.4. The number of likely N-dealkylation sites (tertiary alicyclic amines) is 1. The van der Waals surface area contributed by atoms with Crippen molar-refractivity contribution >= 4 is 35.2 Å². The number of para-hydroxylation sites is 1. The van der Waals surface area contributed by atoms with Crippen LogP contribution in [0.25, 0.3) is 0 Å². The molecule has 0 aliphatic carbocycles. The van der Waals surface area contributed by atoms with Crippen molar-refractivity contribution < 1.29 is 28.7 Å². The largest absolute Gasteiger partial charge is 0.497 e. The van der Waals surface area contributed by atoms with Gasteiger partial charge < -0.3 is 25.0 Å². The van der Waals surface area contributed by atoms with Gasteiger partial charge in [-0.15, -0.1) is 6.58 Å². The van der Waals surface area contributed by atoms with Gasteiger partial charge in [-0.2, -0.15) is 0 Å². The van der Waals surface area contributed by atoms with Crippen molar-refractivity contribution in [3.05, 3.63) is 66.7 Å². The van der Waals surface area contributed by atoms with Crippen LogP contribution in [-0.2, 0) is 24.5 Å². The molecule has 0 bridgehead atoms. The molecule has 0 spiro atoms. The van der Waals surface area contributed by atoms with E-state index >= 15 is 0 Å². The van der Waals surface area contributed by atoms with E-state index in [0.29, 0.717) is 17.1 Å². The highest BCUT2D eigenvalue weighted by Gasteiger charge is 2.68. The first kappa shape index (κ1) is 31.6. The number of carbonyl (C=O) groups excluding carboxylic acids is 4. The van der Waals surface area contributed by atoms with Gasteiger partial charge in [-0.25, -0.2) is 4.79 Å². The molecule has 43 heavy (non-hydrogen) atoms. The van der Waals surface area contributed by atoms with Crippen LogP contribution in [0.2, 0.25) is 0 Å². The fourth-order valence-corrected chi connectivity index (χ4v) is 6.33. The van der Waals surface area contributed by atoms with Gasteiger partial charge in [0.25, 0.3) is 0 Å². The summed E-state index contributed by atoms with van der Waals surface area (Å²) in [5, 5.41) is 5.57. The Balaban J connectivity index is 1.85. The molecule has 2 aliphatic rings. The van der Waals surface area contributed by atoms with Crippen molar-refractivity contribution in [3.63, 3.8) is 0 Å². The predicted octanol–water partition coefficient (Wildman–Crippen LogP) is 4.99. The van der Waals surface area contributed by atoms with Gasteiger partial charge in [0.15, 0.2) is 0 Å². The normalized spacial score (nSPS) is 21.8. The minimum Gasteiger partial charge on any atom is -0.497 e. The van der Waals surface area contributed by atoms with E-state index < -0.39 is 52.6 Å². The first-order valence-electron chi connectivity index (χ1n) is 14.4. The average molecular weight is 591 g/mol. The lowest BCUT2D eigenvalue weighted by molar-refractivity contribution is -0.141. The molecule has 10 nitrogen and oxygen atoms in total. The lowest BCUT2D eigenvalue weighted by atomic mass is 9.60. The minimum absolute atomic E-state index is 0.213. The van der Waals surface area contributed by atoms with Crippen LogP contribution in [0.3, 0.4) is 0 Å². The number of hydrogen-bond donors (Lipinski definition) is 2. The molecule has 0 saturated carbocycles. The van der Waals surface area contributed by atoms with Crippen LogP contribution >= 0.6 is 0 Å². The quantitative estimate of drug-likeness (QED) is 0.439.